The summed E-state index contributed by atoms with van der Waals surface area (Å²) in [5, 5.41) is 18.7. The number of anilines is 1. The highest BCUT2D eigenvalue weighted by atomic mass is 35.5. The Morgan fingerprint density at radius 2 is 1.64 bits per heavy atom. The Hall–Kier alpha value is -4.28. The molecule has 1 aromatic carbocycles. The Kier molecular flexibility index (Phi) is 18.1. The molecule has 1 aromatic heterocycles. The van der Waals surface area contributed by atoms with E-state index in [1.54, 1.807) is 41.2 Å². The second-order valence-corrected chi connectivity index (χ2v) is 8.90. The van der Waals surface area contributed by atoms with Gasteiger partial charge in [0.1, 0.15) is 12.4 Å². The average Bonchev–Trinajstić information content (AvgIpc) is 3.00. The zero-order chi connectivity index (χ0) is 30.1. The molecule has 0 bridgehead atoms. The Bertz CT molecular complexity index is 1150. The summed E-state index contributed by atoms with van der Waals surface area (Å²) in [6.07, 6.45) is 8.29. The van der Waals surface area contributed by atoms with Crippen molar-refractivity contribution < 1.29 is 33.0 Å². The summed E-state index contributed by atoms with van der Waals surface area (Å²) in [7, 11) is 0. The maximum Gasteiger partial charge on any atom is 0.513 e. The molecule has 42 heavy (non-hydrogen) atoms. The van der Waals surface area contributed by atoms with Gasteiger partial charge in [0, 0.05) is 35.2 Å². The van der Waals surface area contributed by atoms with Gasteiger partial charge in [-0.15, -0.1) is 0 Å². The van der Waals surface area contributed by atoms with Crippen LogP contribution in [-0.4, -0.2) is 64.8 Å². The Balaban J connectivity index is 1.56. The first-order chi connectivity index (χ1) is 20.6. The Morgan fingerprint density at radius 3 is 2.38 bits per heavy atom. The molecule has 0 saturated heterocycles. The number of pyridine rings is 1. The molecular formula is C27H36ClN8O6+. The monoisotopic (exact) mass is 603 g/mol. The molecule has 0 fully saturated rings. The van der Waals surface area contributed by atoms with Gasteiger partial charge in [-0.2, -0.15) is 9.83 Å². The van der Waals surface area contributed by atoms with Gasteiger partial charge in [-0.25, -0.2) is 4.79 Å². The van der Waals surface area contributed by atoms with Gasteiger partial charge in [-0.3, -0.25) is 10.3 Å². The first-order valence-electron chi connectivity index (χ1n) is 13.4. The van der Waals surface area contributed by atoms with Gasteiger partial charge in [0.05, 0.1) is 38.7 Å². The molecule has 2 N–H and O–H groups in total. The molecule has 0 aliphatic heterocycles. The van der Waals surface area contributed by atoms with Crippen LogP contribution >= 0.6 is 11.6 Å². The highest BCUT2D eigenvalue weighted by Crippen LogP contribution is 2.16. The molecular weight excluding hydrogens is 568 g/mol. The Labute approximate surface area is 249 Å². The number of aromatic nitrogens is 1. The number of benzene rings is 1. The maximum atomic E-state index is 11.7. The van der Waals surface area contributed by atoms with Crippen molar-refractivity contribution in [1.82, 2.24) is 5.32 Å². The number of hydrogen-bond acceptors (Lipinski definition) is 9. The van der Waals surface area contributed by atoms with Crippen molar-refractivity contribution in [1.29, 1.82) is 5.26 Å². The van der Waals surface area contributed by atoms with Gasteiger partial charge >= 0.3 is 6.16 Å². The number of nitrogens with one attached hydrogen (secondary N) is 2. The van der Waals surface area contributed by atoms with Crippen LogP contribution in [0.25, 0.3) is 10.4 Å². The normalized spacial score (nSPS) is 10.7. The van der Waals surface area contributed by atoms with E-state index in [0.29, 0.717) is 49.6 Å². The summed E-state index contributed by atoms with van der Waals surface area (Å²) >= 11 is 5.87. The number of carbonyl (C=O) groups is 1. The predicted octanol–water partition coefficient (Wildman–Crippen LogP) is 4.56. The minimum atomic E-state index is -0.819. The molecule has 0 saturated carbocycles. The van der Waals surface area contributed by atoms with Crippen LogP contribution in [0.2, 0.25) is 5.02 Å². The molecule has 0 radical (unpaired) electrons. The molecule has 0 amide bonds. The number of nitrogens with zero attached hydrogens (tertiary/aromatic N) is 6. The summed E-state index contributed by atoms with van der Waals surface area (Å²) < 4.78 is 27.8. The van der Waals surface area contributed by atoms with Crippen LogP contribution in [0.3, 0.4) is 0 Å². The second kappa shape index (κ2) is 22.4. The van der Waals surface area contributed by atoms with Gasteiger partial charge in [0.25, 0.3) is 6.73 Å². The van der Waals surface area contributed by atoms with Crippen molar-refractivity contribution in [3.8, 4) is 11.9 Å². The number of carbonyl (C=O) groups excluding carboxylic acids is 1. The zero-order valence-electron chi connectivity index (χ0n) is 23.3. The van der Waals surface area contributed by atoms with Crippen LogP contribution in [-0.2, 0) is 25.7 Å². The molecule has 2 rings (SSSR count). The highest BCUT2D eigenvalue weighted by molar-refractivity contribution is 6.30. The van der Waals surface area contributed by atoms with E-state index in [2.05, 4.69) is 25.7 Å². The van der Waals surface area contributed by atoms with E-state index < -0.39 is 6.16 Å². The Morgan fingerprint density at radius 1 is 0.929 bits per heavy atom. The number of unbranched alkanes of at least 4 members (excludes halogenated alkanes) is 3. The molecule has 2 aromatic rings. The lowest BCUT2D eigenvalue weighted by Gasteiger charge is -2.08. The van der Waals surface area contributed by atoms with Crippen LogP contribution in [0.1, 0.15) is 25.7 Å². The van der Waals surface area contributed by atoms with Crippen molar-refractivity contribution in [3.05, 3.63) is 64.3 Å². The third-order valence-electron chi connectivity index (χ3n) is 5.28. The quantitative estimate of drug-likeness (QED) is 0.0210. The number of aliphatic imine (C=N–C) groups is 1. The lowest BCUT2D eigenvalue weighted by molar-refractivity contribution is -0.727. The first kappa shape index (κ1) is 33.9. The number of halogens is 1. The van der Waals surface area contributed by atoms with Crippen molar-refractivity contribution in [2.24, 2.45) is 10.1 Å². The van der Waals surface area contributed by atoms with Gasteiger partial charge in [-0.05, 0) is 49.1 Å². The number of ether oxygens (including phenoxy) is 5. The number of hydrogen-bond donors (Lipinski definition) is 2. The molecule has 226 valence electrons. The minimum Gasteiger partial charge on any atom is -0.494 e. The van der Waals surface area contributed by atoms with E-state index in [9.17, 15) is 4.79 Å². The fourth-order valence-electron chi connectivity index (χ4n) is 3.23. The fourth-order valence-corrected chi connectivity index (χ4v) is 3.36. The molecule has 0 spiro atoms. The molecule has 0 aliphatic carbocycles. The van der Waals surface area contributed by atoms with Crippen molar-refractivity contribution in [3.63, 3.8) is 0 Å². The second-order valence-electron chi connectivity index (χ2n) is 8.46. The van der Waals surface area contributed by atoms with Crippen molar-refractivity contribution in [2.75, 3.05) is 58.0 Å². The summed E-state index contributed by atoms with van der Waals surface area (Å²) in [5.74, 6) is 1.16. The molecule has 1 heterocycles. The van der Waals surface area contributed by atoms with E-state index >= 15 is 0 Å². The predicted molar refractivity (Wildman–Crippen MR) is 155 cm³/mol. The summed E-state index contributed by atoms with van der Waals surface area (Å²) in [6.45, 7) is 2.66. The standard InChI is InChI=1S/C27H35ClN8O6/c28-23-5-7-25(8-6-23)40-15-4-2-1-3-11-31-26(32-21-29)34-24-9-13-36(14-10-24)22-42-27(37)41-20-19-39-18-17-38-16-12-33-35-30/h5-10,13-14H,1-4,11-12,15-20,22H2,(H,31,32)/p+1. The summed E-state index contributed by atoms with van der Waals surface area (Å²) in [6, 6.07) is 10.8. The van der Waals surface area contributed by atoms with Crippen LogP contribution in [0.5, 0.6) is 5.75 Å². The minimum absolute atomic E-state index is 0.0395. The number of guanidine groups is 1. The lowest BCUT2D eigenvalue weighted by atomic mass is 10.2. The van der Waals surface area contributed by atoms with E-state index in [0.717, 1.165) is 31.4 Å². The van der Waals surface area contributed by atoms with Gasteiger partial charge in [0.15, 0.2) is 18.6 Å². The molecule has 0 aliphatic rings. The number of rotatable bonds is 20. The van der Waals surface area contributed by atoms with E-state index in [-0.39, 0.29) is 26.5 Å². The van der Waals surface area contributed by atoms with Crippen molar-refractivity contribution >= 4 is 29.4 Å². The van der Waals surface area contributed by atoms with Gasteiger partial charge in [-0.1, -0.05) is 23.1 Å². The zero-order valence-corrected chi connectivity index (χ0v) is 24.1. The molecule has 14 nitrogen and oxygen atoms in total. The maximum absolute atomic E-state index is 11.7. The third-order valence-corrected chi connectivity index (χ3v) is 5.53. The van der Waals surface area contributed by atoms with Gasteiger partial charge < -0.3 is 29.0 Å². The summed E-state index contributed by atoms with van der Waals surface area (Å²) in [4.78, 5) is 18.8. The largest absolute Gasteiger partial charge is 0.513 e. The van der Waals surface area contributed by atoms with E-state index in [1.165, 1.54) is 0 Å². The van der Waals surface area contributed by atoms with Crippen LogP contribution in [0, 0.1) is 11.5 Å². The molecule has 0 atom stereocenters. The average molecular weight is 604 g/mol. The lowest BCUT2D eigenvalue weighted by Crippen LogP contribution is -2.36. The third kappa shape index (κ3) is 16.7. The van der Waals surface area contributed by atoms with Crippen LogP contribution in [0.15, 0.2) is 58.9 Å². The summed E-state index contributed by atoms with van der Waals surface area (Å²) in [5.41, 5.74) is 8.85. The van der Waals surface area contributed by atoms with Gasteiger partial charge in [0.2, 0.25) is 5.96 Å². The van der Waals surface area contributed by atoms with Crippen LogP contribution < -0.4 is 19.9 Å². The number of azide groups is 1. The topological polar surface area (TPSA) is 176 Å². The van der Waals surface area contributed by atoms with Crippen molar-refractivity contribution in [2.45, 2.75) is 32.4 Å². The SMILES string of the molecule is N#CNC(=NCCCCCCOc1ccc(Cl)cc1)Nc1cc[n+](COC(=O)OCCOCCOCCN=[N+]=[N-])cc1. The molecule has 15 heteroatoms. The van der Waals surface area contributed by atoms with E-state index in [1.807, 2.05) is 18.3 Å². The fraction of sp³-hybridized carbons (Fsp3) is 0.481. The highest BCUT2D eigenvalue weighted by Gasteiger charge is 2.09. The first-order valence-corrected chi connectivity index (χ1v) is 13.8. The van der Waals surface area contributed by atoms with Crippen LogP contribution in [0.4, 0.5) is 10.5 Å². The number of nitriles is 1. The smallest absolute Gasteiger partial charge is 0.494 e. The van der Waals surface area contributed by atoms with E-state index in [4.69, 9.17) is 46.1 Å². The molecule has 0 unspecified atom stereocenters.